The van der Waals surface area contributed by atoms with Crippen LogP contribution in [0.15, 0.2) is 42.5 Å². The minimum atomic E-state index is -0.445. The molecule has 1 aliphatic carbocycles. The number of halogens is 1. The van der Waals surface area contributed by atoms with Gasteiger partial charge in [0.15, 0.2) is 16.6 Å². The first-order valence-electron chi connectivity index (χ1n) is 9.84. The zero-order valence-corrected chi connectivity index (χ0v) is 17.1. The van der Waals surface area contributed by atoms with Gasteiger partial charge in [-0.05, 0) is 55.7 Å². The van der Waals surface area contributed by atoms with Gasteiger partial charge in [0.2, 0.25) is 12.7 Å². The molecule has 5 rings (SSSR count). The van der Waals surface area contributed by atoms with Crippen LogP contribution in [0.1, 0.15) is 39.7 Å². The number of fused-ring (bicyclic) bond motifs is 2. The van der Waals surface area contributed by atoms with Crippen LogP contribution in [-0.2, 0) is 11.2 Å². The molecule has 2 N–H and O–H groups in total. The maximum atomic E-state index is 13.4. The van der Waals surface area contributed by atoms with Crippen LogP contribution in [0.5, 0.6) is 11.5 Å². The summed E-state index contributed by atoms with van der Waals surface area (Å²) in [7, 11) is 0. The molecule has 7 nitrogen and oxygen atoms in total. The van der Waals surface area contributed by atoms with Crippen molar-refractivity contribution in [2.24, 2.45) is 0 Å². The lowest BCUT2D eigenvalue weighted by molar-refractivity contribution is -0.117. The van der Waals surface area contributed by atoms with Crippen LogP contribution in [0.3, 0.4) is 0 Å². The molecule has 2 amide bonds. The van der Waals surface area contributed by atoms with Crippen LogP contribution in [0.4, 0.5) is 15.2 Å². The molecule has 0 spiro atoms. The summed E-state index contributed by atoms with van der Waals surface area (Å²) in [6.07, 6.45) is 2.29. The Balaban J connectivity index is 1.32. The number of amides is 2. The molecule has 3 aromatic rings. The van der Waals surface area contributed by atoms with Crippen LogP contribution >= 0.6 is 11.3 Å². The van der Waals surface area contributed by atoms with E-state index in [1.165, 1.54) is 23.5 Å². The fourth-order valence-electron chi connectivity index (χ4n) is 3.73. The molecule has 2 heterocycles. The van der Waals surface area contributed by atoms with E-state index in [1.54, 1.807) is 30.3 Å². The predicted molar refractivity (Wildman–Crippen MR) is 113 cm³/mol. The van der Waals surface area contributed by atoms with E-state index < -0.39 is 11.7 Å². The van der Waals surface area contributed by atoms with E-state index in [1.807, 2.05) is 0 Å². The Morgan fingerprint density at radius 1 is 1.10 bits per heavy atom. The van der Waals surface area contributed by atoms with Crippen LogP contribution < -0.4 is 20.1 Å². The van der Waals surface area contributed by atoms with Gasteiger partial charge in [-0.2, -0.15) is 0 Å². The van der Waals surface area contributed by atoms with Gasteiger partial charge in [-0.25, -0.2) is 9.37 Å². The van der Waals surface area contributed by atoms with Crippen molar-refractivity contribution < 1.29 is 23.5 Å². The fourth-order valence-corrected chi connectivity index (χ4v) is 4.79. The van der Waals surface area contributed by atoms with E-state index in [2.05, 4.69) is 15.6 Å². The Morgan fingerprint density at radius 2 is 1.97 bits per heavy atom. The molecular weight excluding hydrogens is 421 g/mol. The third kappa shape index (κ3) is 3.96. The van der Waals surface area contributed by atoms with Gasteiger partial charge in [0.05, 0.1) is 11.6 Å². The first kappa shape index (κ1) is 19.5. The number of thiazole rings is 1. The highest BCUT2D eigenvalue weighted by atomic mass is 32.1. The highest BCUT2D eigenvalue weighted by molar-refractivity contribution is 7.16. The largest absolute Gasteiger partial charge is 0.454 e. The van der Waals surface area contributed by atoms with Crippen molar-refractivity contribution in [1.29, 1.82) is 0 Å². The molecular formula is C22H18FN3O4S. The van der Waals surface area contributed by atoms with E-state index in [0.29, 0.717) is 40.0 Å². The molecule has 0 fully saturated rings. The number of hydrogen-bond donors (Lipinski definition) is 2. The van der Waals surface area contributed by atoms with Crippen LogP contribution in [0.25, 0.3) is 0 Å². The summed E-state index contributed by atoms with van der Waals surface area (Å²) in [5, 5.41) is 6.02. The SMILES string of the molecule is O=C(Nc1nc2c(s1)CCCC2C(=O)Nc1cccc(F)c1)c1ccc2c(c1)OCO2. The van der Waals surface area contributed by atoms with E-state index in [9.17, 15) is 14.0 Å². The summed E-state index contributed by atoms with van der Waals surface area (Å²) in [6.45, 7) is 0.138. The average molecular weight is 439 g/mol. The summed E-state index contributed by atoms with van der Waals surface area (Å²) in [4.78, 5) is 31.0. The summed E-state index contributed by atoms with van der Waals surface area (Å²) in [5.41, 5.74) is 1.51. The molecule has 0 bridgehead atoms. The number of hydrogen-bond acceptors (Lipinski definition) is 6. The molecule has 31 heavy (non-hydrogen) atoms. The highest BCUT2D eigenvalue weighted by Crippen LogP contribution is 2.38. The lowest BCUT2D eigenvalue weighted by Gasteiger charge is -2.20. The minimum Gasteiger partial charge on any atom is -0.454 e. The smallest absolute Gasteiger partial charge is 0.257 e. The number of nitrogens with zero attached hydrogens (tertiary/aromatic N) is 1. The second-order valence-electron chi connectivity index (χ2n) is 7.29. The number of aromatic nitrogens is 1. The van der Waals surface area contributed by atoms with Crippen molar-refractivity contribution in [3.8, 4) is 11.5 Å². The van der Waals surface area contributed by atoms with Gasteiger partial charge in [0.25, 0.3) is 5.91 Å². The summed E-state index contributed by atoms with van der Waals surface area (Å²) in [5.74, 6) is -0.270. The Bertz CT molecular complexity index is 1180. The topological polar surface area (TPSA) is 89.6 Å². The molecule has 0 saturated carbocycles. The molecule has 1 atom stereocenters. The van der Waals surface area contributed by atoms with Crippen molar-refractivity contribution in [2.75, 3.05) is 17.4 Å². The first-order chi connectivity index (χ1) is 15.1. The summed E-state index contributed by atoms with van der Waals surface area (Å²) in [6, 6.07) is 10.8. The molecule has 0 radical (unpaired) electrons. The van der Waals surface area contributed by atoms with Gasteiger partial charge in [-0.3, -0.25) is 14.9 Å². The van der Waals surface area contributed by atoms with Crippen molar-refractivity contribution in [3.05, 3.63) is 64.4 Å². The molecule has 1 aromatic heterocycles. The maximum Gasteiger partial charge on any atom is 0.257 e. The third-order valence-electron chi connectivity index (χ3n) is 5.22. The van der Waals surface area contributed by atoms with Crippen molar-refractivity contribution in [3.63, 3.8) is 0 Å². The number of benzene rings is 2. The zero-order valence-electron chi connectivity index (χ0n) is 16.3. The maximum absolute atomic E-state index is 13.4. The number of aryl methyl sites for hydroxylation is 1. The van der Waals surface area contributed by atoms with Gasteiger partial charge in [-0.15, -0.1) is 11.3 Å². The number of rotatable bonds is 4. The summed E-state index contributed by atoms with van der Waals surface area (Å²) < 4.78 is 24.0. The average Bonchev–Trinajstić information content (AvgIpc) is 3.39. The quantitative estimate of drug-likeness (QED) is 0.632. The van der Waals surface area contributed by atoms with Gasteiger partial charge in [-0.1, -0.05) is 6.07 Å². The number of nitrogens with one attached hydrogen (secondary N) is 2. The number of anilines is 2. The highest BCUT2D eigenvalue weighted by Gasteiger charge is 2.31. The fraction of sp³-hybridized carbons (Fsp3) is 0.227. The minimum absolute atomic E-state index is 0.138. The second-order valence-corrected chi connectivity index (χ2v) is 8.38. The Labute approximate surface area is 181 Å². The summed E-state index contributed by atoms with van der Waals surface area (Å²) >= 11 is 1.37. The first-order valence-corrected chi connectivity index (χ1v) is 10.7. The molecule has 2 aromatic carbocycles. The normalized spacial score (nSPS) is 16.5. The van der Waals surface area contributed by atoms with E-state index in [-0.39, 0.29) is 18.6 Å². The van der Waals surface area contributed by atoms with E-state index >= 15 is 0 Å². The standard InChI is InChI=1S/C22H18FN3O4S/c23-13-3-1-4-14(10-13)24-21(28)15-5-2-6-18-19(15)25-22(31-18)26-20(27)12-7-8-16-17(9-12)30-11-29-16/h1,3-4,7-10,15H,2,5-6,11H2,(H,24,28)(H,25,26,27). The van der Waals surface area contributed by atoms with Crippen molar-refractivity contribution in [1.82, 2.24) is 4.98 Å². The van der Waals surface area contributed by atoms with Gasteiger partial charge < -0.3 is 14.8 Å². The van der Waals surface area contributed by atoms with Crippen molar-refractivity contribution >= 4 is 34.0 Å². The lowest BCUT2D eigenvalue weighted by atomic mass is 9.90. The number of carbonyl (C=O) groups excluding carboxylic acids is 2. The molecule has 9 heteroatoms. The van der Waals surface area contributed by atoms with Crippen LogP contribution in [0, 0.1) is 5.82 Å². The second kappa shape index (κ2) is 7.99. The van der Waals surface area contributed by atoms with E-state index in [4.69, 9.17) is 9.47 Å². The van der Waals surface area contributed by atoms with Crippen molar-refractivity contribution in [2.45, 2.75) is 25.2 Å². The monoisotopic (exact) mass is 439 g/mol. The molecule has 1 unspecified atom stereocenters. The number of ether oxygens (including phenoxy) is 2. The van der Waals surface area contributed by atoms with Gasteiger partial charge in [0.1, 0.15) is 5.82 Å². The lowest BCUT2D eigenvalue weighted by Crippen LogP contribution is -2.24. The van der Waals surface area contributed by atoms with Crippen LogP contribution in [-0.4, -0.2) is 23.6 Å². The predicted octanol–water partition coefficient (Wildman–Crippen LogP) is 4.32. The third-order valence-corrected chi connectivity index (χ3v) is 6.26. The Hall–Kier alpha value is -3.46. The zero-order chi connectivity index (χ0) is 21.4. The van der Waals surface area contributed by atoms with Gasteiger partial charge in [0, 0.05) is 16.1 Å². The molecule has 1 aliphatic heterocycles. The number of carbonyl (C=O) groups is 2. The Kier molecular flexibility index (Phi) is 5.03. The molecule has 158 valence electrons. The van der Waals surface area contributed by atoms with Crippen LogP contribution in [0.2, 0.25) is 0 Å². The van der Waals surface area contributed by atoms with Gasteiger partial charge >= 0.3 is 0 Å². The molecule has 0 saturated heterocycles. The Morgan fingerprint density at radius 3 is 2.84 bits per heavy atom. The molecule has 2 aliphatic rings. The van der Waals surface area contributed by atoms with E-state index in [0.717, 1.165) is 17.7 Å².